The van der Waals surface area contributed by atoms with Gasteiger partial charge in [-0.1, -0.05) is 47.7 Å². The van der Waals surface area contributed by atoms with Crippen molar-refractivity contribution in [3.05, 3.63) is 152 Å². The number of non-ortho nitro benzene ring substituents is 1. The molecule has 1 aliphatic carbocycles. The van der Waals surface area contributed by atoms with Crippen LogP contribution in [0.1, 0.15) is 46.0 Å². The van der Waals surface area contributed by atoms with Crippen molar-refractivity contribution in [3.63, 3.8) is 0 Å². The smallest absolute Gasteiger partial charge is 0.273 e. The second-order valence-corrected chi connectivity index (χ2v) is 11.9. The highest BCUT2D eigenvalue weighted by atomic mass is 32.1. The fourth-order valence-electron chi connectivity index (χ4n) is 6.02. The van der Waals surface area contributed by atoms with Gasteiger partial charge in [-0.25, -0.2) is 4.99 Å². The van der Waals surface area contributed by atoms with E-state index >= 15 is 0 Å². The lowest BCUT2D eigenvalue weighted by Gasteiger charge is -2.30. The number of thiazole rings is 1. The van der Waals surface area contributed by atoms with Crippen LogP contribution in [-0.4, -0.2) is 14.4 Å². The monoisotopic (exact) mass is 604 g/mol. The Hall–Kier alpha value is -5.42. The predicted molar refractivity (Wildman–Crippen MR) is 166 cm³/mol. The minimum absolute atomic E-state index is 0.0120. The molecule has 2 aliphatic rings. The van der Waals surface area contributed by atoms with E-state index in [4.69, 9.17) is 9.41 Å². The molecule has 0 unspecified atom stereocenters. The summed E-state index contributed by atoms with van der Waals surface area (Å²) in [4.78, 5) is 41.9. The van der Waals surface area contributed by atoms with E-state index in [1.165, 1.54) is 35.1 Å². The van der Waals surface area contributed by atoms with E-state index in [1.54, 1.807) is 35.8 Å². The maximum absolute atomic E-state index is 14.0. The van der Waals surface area contributed by atoms with Crippen LogP contribution in [0, 0.1) is 34.1 Å². The summed E-state index contributed by atoms with van der Waals surface area (Å²) < 4.78 is 8.06. The number of hydrogen-bond acceptors (Lipinski definition) is 8. The minimum Gasteiger partial charge on any atom is -0.457 e. The Labute approximate surface area is 253 Å². The fraction of sp³-hybridized carbons (Fsp3) is 0.152. The molecule has 7 rings (SSSR count). The Balaban J connectivity index is 1.38. The summed E-state index contributed by atoms with van der Waals surface area (Å²) in [6, 6.07) is 20.7. The Bertz CT molecular complexity index is 2260. The molecule has 0 spiro atoms. The number of allylic oxidation sites excluding steroid dienone is 1. The number of rotatable bonds is 5. The van der Waals surface area contributed by atoms with Crippen molar-refractivity contribution < 1.29 is 14.3 Å². The standard InChI is InChI=1S/C33H24N4O6S/c1-18-14-22(16-27(19(18)2)37(41)42)28-13-11-24(43-28)17-29-32(38)35-31(21-7-5-8-23(15-21)36(39)40)26-12-10-20-6-3-4-9-25(20)30(26)34-33(35)44-29/h3-9,11,13-17,31H,10,12H2,1-2H3/b29-17+/t31-/m1/s1. The molecule has 5 aromatic rings. The third-order valence-corrected chi connectivity index (χ3v) is 9.27. The third kappa shape index (κ3) is 4.49. The van der Waals surface area contributed by atoms with Gasteiger partial charge in [0.05, 0.1) is 26.1 Å². The Morgan fingerprint density at radius 3 is 2.59 bits per heavy atom. The van der Waals surface area contributed by atoms with E-state index in [0.29, 0.717) is 44.0 Å². The van der Waals surface area contributed by atoms with E-state index in [0.717, 1.165) is 28.8 Å². The number of nitro benzene ring substituents is 2. The van der Waals surface area contributed by atoms with Crippen LogP contribution in [0.3, 0.4) is 0 Å². The normalized spacial score (nSPS) is 15.8. The van der Waals surface area contributed by atoms with Gasteiger partial charge in [-0.05, 0) is 67.2 Å². The van der Waals surface area contributed by atoms with Crippen LogP contribution in [0.25, 0.3) is 23.1 Å². The van der Waals surface area contributed by atoms with Gasteiger partial charge in [-0.2, -0.15) is 0 Å². The molecule has 0 bridgehead atoms. The maximum atomic E-state index is 14.0. The molecule has 0 saturated heterocycles. The molecule has 1 atom stereocenters. The summed E-state index contributed by atoms with van der Waals surface area (Å²) in [7, 11) is 0. The number of benzene rings is 3. The zero-order valence-electron chi connectivity index (χ0n) is 23.6. The lowest BCUT2D eigenvalue weighted by atomic mass is 9.83. The van der Waals surface area contributed by atoms with E-state index in [2.05, 4.69) is 6.07 Å². The average molecular weight is 605 g/mol. The maximum Gasteiger partial charge on any atom is 0.273 e. The zero-order chi connectivity index (χ0) is 30.7. The first-order chi connectivity index (χ1) is 21.2. The first-order valence-corrected chi connectivity index (χ1v) is 14.7. The number of furan rings is 1. The van der Waals surface area contributed by atoms with Crippen molar-refractivity contribution in [1.82, 2.24) is 4.57 Å². The Kier molecular flexibility index (Phi) is 6.47. The highest BCUT2D eigenvalue weighted by Gasteiger charge is 2.33. The predicted octanol–water partition coefficient (Wildman–Crippen LogP) is 6.01. The molecule has 11 heteroatoms. The molecule has 0 amide bonds. The lowest BCUT2D eigenvalue weighted by Crippen LogP contribution is -2.38. The summed E-state index contributed by atoms with van der Waals surface area (Å²) in [5, 5.41) is 23.2. The Morgan fingerprint density at radius 1 is 0.977 bits per heavy atom. The number of fused-ring (bicyclic) bond motifs is 3. The lowest BCUT2D eigenvalue weighted by molar-refractivity contribution is -0.385. The SMILES string of the molecule is Cc1cc(-c2ccc(/C=c3/sc4n(c3=O)[C@H](c3cccc([N+](=O)[O-])c3)C3=C(N=4)c4ccccc4CC3)o2)cc([N+](=O)[O-])c1C. The summed E-state index contributed by atoms with van der Waals surface area (Å²) in [6.45, 7) is 3.52. The van der Waals surface area contributed by atoms with Crippen LogP contribution in [0.4, 0.5) is 11.4 Å². The largest absolute Gasteiger partial charge is 0.457 e. The van der Waals surface area contributed by atoms with Gasteiger partial charge in [0.25, 0.3) is 16.9 Å². The van der Waals surface area contributed by atoms with Gasteiger partial charge in [0.1, 0.15) is 11.5 Å². The van der Waals surface area contributed by atoms with Crippen LogP contribution in [0.15, 0.2) is 92.6 Å². The molecule has 3 aromatic carbocycles. The second kappa shape index (κ2) is 10.4. The van der Waals surface area contributed by atoms with Crippen LogP contribution in [0.5, 0.6) is 0 Å². The van der Waals surface area contributed by atoms with Gasteiger partial charge >= 0.3 is 0 Å². The van der Waals surface area contributed by atoms with Gasteiger partial charge in [0.15, 0.2) is 4.80 Å². The molecular weight excluding hydrogens is 580 g/mol. The second-order valence-electron chi connectivity index (χ2n) is 10.9. The number of aryl methyl sites for hydroxylation is 2. The first kappa shape index (κ1) is 27.4. The molecule has 0 N–H and O–H groups in total. The summed E-state index contributed by atoms with van der Waals surface area (Å²) in [5.74, 6) is 0.851. The van der Waals surface area contributed by atoms with Crippen molar-refractivity contribution in [2.45, 2.75) is 32.7 Å². The van der Waals surface area contributed by atoms with E-state index in [9.17, 15) is 25.0 Å². The molecule has 0 radical (unpaired) electrons. The van der Waals surface area contributed by atoms with Gasteiger partial charge in [-0.15, -0.1) is 0 Å². The molecule has 2 aromatic heterocycles. The van der Waals surface area contributed by atoms with Crippen LogP contribution in [-0.2, 0) is 6.42 Å². The fourth-order valence-corrected chi connectivity index (χ4v) is 7.00. The average Bonchev–Trinajstić information content (AvgIpc) is 3.61. The van der Waals surface area contributed by atoms with Gasteiger partial charge in [-0.3, -0.25) is 29.6 Å². The molecule has 0 saturated carbocycles. The third-order valence-electron chi connectivity index (χ3n) is 8.29. The summed E-state index contributed by atoms with van der Waals surface area (Å²) in [5.41, 5.74) is 6.17. The molecule has 1 aliphatic heterocycles. The molecule has 44 heavy (non-hydrogen) atoms. The molecule has 0 fully saturated rings. The van der Waals surface area contributed by atoms with E-state index in [1.807, 2.05) is 37.3 Å². The topological polar surface area (TPSA) is 134 Å². The first-order valence-electron chi connectivity index (χ1n) is 13.9. The van der Waals surface area contributed by atoms with Crippen molar-refractivity contribution >= 4 is 34.5 Å². The number of hydrogen-bond donors (Lipinski definition) is 0. The van der Waals surface area contributed by atoms with Gasteiger partial charge in [0, 0.05) is 41.0 Å². The summed E-state index contributed by atoms with van der Waals surface area (Å²) in [6.07, 6.45) is 3.08. The number of aromatic nitrogens is 1. The van der Waals surface area contributed by atoms with Gasteiger partial charge < -0.3 is 4.42 Å². The molecule has 10 nitrogen and oxygen atoms in total. The van der Waals surface area contributed by atoms with Crippen molar-refractivity contribution in [1.29, 1.82) is 0 Å². The minimum atomic E-state index is -0.556. The van der Waals surface area contributed by atoms with E-state index < -0.39 is 15.9 Å². The number of nitrogens with zero attached hydrogens (tertiary/aromatic N) is 4. The van der Waals surface area contributed by atoms with Gasteiger partial charge in [0.2, 0.25) is 0 Å². The van der Waals surface area contributed by atoms with Crippen molar-refractivity contribution in [2.24, 2.45) is 4.99 Å². The molecule has 218 valence electrons. The Morgan fingerprint density at radius 2 is 1.80 bits per heavy atom. The van der Waals surface area contributed by atoms with Crippen LogP contribution in [0.2, 0.25) is 0 Å². The zero-order valence-corrected chi connectivity index (χ0v) is 24.5. The summed E-state index contributed by atoms with van der Waals surface area (Å²) >= 11 is 1.22. The quantitative estimate of drug-likeness (QED) is 0.178. The highest BCUT2D eigenvalue weighted by Crippen LogP contribution is 2.41. The van der Waals surface area contributed by atoms with E-state index in [-0.39, 0.29) is 16.9 Å². The highest BCUT2D eigenvalue weighted by molar-refractivity contribution is 7.07. The number of nitro groups is 2. The van der Waals surface area contributed by atoms with Crippen molar-refractivity contribution in [3.8, 4) is 11.3 Å². The molecule has 3 heterocycles. The van der Waals surface area contributed by atoms with Crippen LogP contribution < -0.4 is 14.9 Å². The van der Waals surface area contributed by atoms with Crippen LogP contribution >= 0.6 is 11.3 Å². The van der Waals surface area contributed by atoms with Crippen molar-refractivity contribution in [2.75, 3.05) is 0 Å². The molecular formula is C33H24N4O6S.